The highest BCUT2D eigenvalue weighted by Gasteiger charge is 2.26. The van der Waals surface area contributed by atoms with Gasteiger partial charge in [0, 0.05) is 26.8 Å². The van der Waals surface area contributed by atoms with E-state index in [1.54, 1.807) is 14.2 Å². The molecule has 0 bridgehead atoms. The number of hydrogen-bond acceptors (Lipinski definition) is 4. The highest BCUT2D eigenvalue weighted by Crippen LogP contribution is 2.21. The molecule has 0 spiro atoms. The molecule has 18 heavy (non-hydrogen) atoms. The molecule has 0 aromatic carbocycles. The van der Waals surface area contributed by atoms with Gasteiger partial charge in [-0.25, -0.2) is 0 Å². The van der Waals surface area contributed by atoms with Gasteiger partial charge in [-0.05, 0) is 51.9 Å². The molecule has 0 N–H and O–H groups in total. The molecular formula is C14H28N2O2. The van der Waals surface area contributed by atoms with E-state index in [4.69, 9.17) is 9.47 Å². The van der Waals surface area contributed by atoms with Gasteiger partial charge < -0.3 is 14.4 Å². The summed E-state index contributed by atoms with van der Waals surface area (Å²) in [6, 6.07) is 0.824. The third kappa shape index (κ3) is 3.92. The monoisotopic (exact) mass is 256 g/mol. The van der Waals surface area contributed by atoms with E-state index in [9.17, 15) is 0 Å². The molecule has 0 unspecified atom stereocenters. The summed E-state index contributed by atoms with van der Waals surface area (Å²) < 4.78 is 10.5. The summed E-state index contributed by atoms with van der Waals surface area (Å²) in [4.78, 5) is 5.18. The molecule has 0 atom stereocenters. The van der Waals surface area contributed by atoms with E-state index in [0.29, 0.717) is 0 Å². The van der Waals surface area contributed by atoms with Gasteiger partial charge in [0.25, 0.3) is 0 Å². The summed E-state index contributed by atoms with van der Waals surface area (Å²) in [6.07, 6.45) is 6.76. The summed E-state index contributed by atoms with van der Waals surface area (Å²) in [7, 11) is 3.43. The van der Waals surface area contributed by atoms with Crippen LogP contribution in [0.2, 0.25) is 0 Å². The second kappa shape index (κ2) is 7.43. The predicted octanol–water partition coefficient (Wildman–Crippen LogP) is 1.56. The molecule has 4 nitrogen and oxygen atoms in total. The van der Waals surface area contributed by atoms with Gasteiger partial charge in [-0.1, -0.05) is 6.42 Å². The van der Waals surface area contributed by atoms with Gasteiger partial charge in [0.15, 0.2) is 6.29 Å². The molecule has 0 aromatic heterocycles. The normalized spacial score (nSPS) is 24.8. The lowest BCUT2D eigenvalue weighted by atomic mass is 10.00. The van der Waals surface area contributed by atoms with Crippen molar-refractivity contribution in [2.75, 3.05) is 46.9 Å². The Morgan fingerprint density at radius 2 is 1.56 bits per heavy atom. The number of methoxy groups -OCH3 is 2. The van der Waals surface area contributed by atoms with Crippen LogP contribution in [0.1, 0.15) is 32.1 Å². The number of nitrogens with zero attached hydrogens (tertiary/aromatic N) is 2. The number of likely N-dealkylation sites (tertiary alicyclic amines) is 2. The van der Waals surface area contributed by atoms with Gasteiger partial charge in [0.05, 0.1) is 0 Å². The van der Waals surface area contributed by atoms with Crippen LogP contribution in [0.15, 0.2) is 0 Å². The van der Waals surface area contributed by atoms with Gasteiger partial charge in [-0.2, -0.15) is 0 Å². The summed E-state index contributed by atoms with van der Waals surface area (Å²) in [6.45, 7) is 5.92. The van der Waals surface area contributed by atoms with E-state index in [1.807, 2.05) is 0 Å². The Morgan fingerprint density at radius 3 is 2.11 bits per heavy atom. The Labute approximate surface area is 111 Å². The lowest BCUT2D eigenvalue weighted by Crippen LogP contribution is -2.48. The maximum atomic E-state index is 5.27. The molecule has 4 heteroatoms. The third-order valence-electron chi connectivity index (χ3n) is 4.40. The van der Waals surface area contributed by atoms with Crippen molar-refractivity contribution < 1.29 is 9.47 Å². The minimum atomic E-state index is -0.0727. The highest BCUT2D eigenvalue weighted by molar-refractivity contribution is 4.81. The maximum absolute atomic E-state index is 5.27. The van der Waals surface area contributed by atoms with Gasteiger partial charge >= 0.3 is 0 Å². The molecule has 0 saturated carbocycles. The molecule has 0 radical (unpaired) electrons. The Bertz CT molecular complexity index is 220. The first-order chi connectivity index (χ1) is 8.83. The Hall–Kier alpha value is -0.160. The highest BCUT2D eigenvalue weighted by atomic mass is 16.7. The van der Waals surface area contributed by atoms with Crippen LogP contribution in [0.4, 0.5) is 0 Å². The van der Waals surface area contributed by atoms with Gasteiger partial charge in [0.1, 0.15) is 0 Å². The fourth-order valence-electron chi connectivity index (χ4n) is 3.21. The average molecular weight is 256 g/mol. The summed E-state index contributed by atoms with van der Waals surface area (Å²) in [5, 5.41) is 0. The van der Waals surface area contributed by atoms with Crippen molar-refractivity contribution in [2.24, 2.45) is 0 Å². The van der Waals surface area contributed by atoms with Crippen LogP contribution in [0.3, 0.4) is 0 Å². The molecule has 2 aliphatic rings. The second-order valence-corrected chi connectivity index (χ2v) is 5.53. The topological polar surface area (TPSA) is 24.9 Å². The lowest BCUT2D eigenvalue weighted by Gasteiger charge is -2.40. The SMILES string of the molecule is COC(CN1CCC(N2CCCCC2)CC1)OC. The maximum Gasteiger partial charge on any atom is 0.169 e. The van der Waals surface area contributed by atoms with Crippen molar-refractivity contribution in [3.8, 4) is 0 Å². The molecule has 0 aromatic rings. The first-order valence-corrected chi connectivity index (χ1v) is 7.35. The van der Waals surface area contributed by atoms with Crippen molar-refractivity contribution in [1.82, 2.24) is 9.80 Å². The minimum Gasteiger partial charge on any atom is -0.355 e. The second-order valence-electron chi connectivity index (χ2n) is 5.53. The fourth-order valence-corrected chi connectivity index (χ4v) is 3.21. The number of piperidine rings is 2. The number of ether oxygens (including phenoxy) is 2. The molecular weight excluding hydrogens is 228 g/mol. The van der Waals surface area contributed by atoms with Gasteiger partial charge in [-0.3, -0.25) is 4.90 Å². The van der Waals surface area contributed by atoms with E-state index in [2.05, 4.69) is 9.80 Å². The predicted molar refractivity (Wildman–Crippen MR) is 72.7 cm³/mol. The van der Waals surface area contributed by atoms with Crippen molar-refractivity contribution in [3.63, 3.8) is 0 Å². The summed E-state index contributed by atoms with van der Waals surface area (Å²) in [5.41, 5.74) is 0. The number of hydrogen-bond donors (Lipinski definition) is 0. The van der Waals surface area contributed by atoms with Crippen LogP contribution in [-0.4, -0.2) is 69.1 Å². The lowest BCUT2D eigenvalue weighted by molar-refractivity contribution is -0.119. The smallest absolute Gasteiger partial charge is 0.169 e. The molecule has 0 amide bonds. The molecule has 2 fully saturated rings. The molecule has 2 rings (SSSR count). The largest absolute Gasteiger partial charge is 0.355 e. The minimum absolute atomic E-state index is 0.0727. The van der Waals surface area contributed by atoms with Gasteiger partial charge in [-0.15, -0.1) is 0 Å². The van der Waals surface area contributed by atoms with Crippen LogP contribution < -0.4 is 0 Å². The summed E-state index contributed by atoms with van der Waals surface area (Å²) >= 11 is 0. The zero-order valence-corrected chi connectivity index (χ0v) is 11.9. The third-order valence-corrected chi connectivity index (χ3v) is 4.40. The zero-order valence-electron chi connectivity index (χ0n) is 11.9. The quantitative estimate of drug-likeness (QED) is 0.697. The van der Waals surface area contributed by atoms with E-state index in [1.165, 1.54) is 58.3 Å². The molecule has 2 saturated heterocycles. The van der Waals surface area contributed by atoms with Crippen LogP contribution >= 0.6 is 0 Å². The van der Waals surface area contributed by atoms with Gasteiger partial charge in [0.2, 0.25) is 0 Å². The Balaban J connectivity index is 1.70. The van der Waals surface area contributed by atoms with E-state index >= 15 is 0 Å². The fraction of sp³-hybridized carbons (Fsp3) is 1.00. The van der Waals surface area contributed by atoms with Crippen molar-refractivity contribution in [3.05, 3.63) is 0 Å². The zero-order chi connectivity index (χ0) is 12.8. The van der Waals surface area contributed by atoms with Crippen molar-refractivity contribution in [2.45, 2.75) is 44.4 Å². The van der Waals surface area contributed by atoms with E-state index in [-0.39, 0.29) is 6.29 Å². The molecule has 2 aliphatic heterocycles. The van der Waals surface area contributed by atoms with Crippen LogP contribution in [0.25, 0.3) is 0 Å². The standard InChI is InChI=1S/C14H28N2O2/c1-17-14(18-2)12-15-10-6-13(7-11-15)16-8-4-3-5-9-16/h13-14H,3-12H2,1-2H3. The van der Waals surface area contributed by atoms with E-state index < -0.39 is 0 Å². The Morgan fingerprint density at radius 1 is 0.944 bits per heavy atom. The summed E-state index contributed by atoms with van der Waals surface area (Å²) in [5.74, 6) is 0. The first kappa shape index (κ1) is 14.3. The Kier molecular flexibility index (Phi) is 5.89. The van der Waals surface area contributed by atoms with Crippen LogP contribution in [0.5, 0.6) is 0 Å². The number of rotatable bonds is 5. The average Bonchev–Trinajstić information content (AvgIpc) is 2.46. The first-order valence-electron chi connectivity index (χ1n) is 7.35. The van der Waals surface area contributed by atoms with Crippen LogP contribution in [-0.2, 0) is 9.47 Å². The van der Waals surface area contributed by atoms with Crippen LogP contribution in [0, 0.1) is 0 Å². The molecule has 2 heterocycles. The molecule has 0 aliphatic carbocycles. The van der Waals surface area contributed by atoms with Crippen molar-refractivity contribution >= 4 is 0 Å². The molecule has 106 valence electrons. The van der Waals surface area contributed by atoms with E-state index in [0.717, 1.165) is 12.6 Å². The van der Waals surface area contributed by atoms with Crippen molar-refractivity contribution in [1.29, 1.82) is 0 Å².